The van der Waals surface area contributed by atoms with Crippen LogP contribution < -0.4 is 5.32 Å². The maximum atomic E-state index is 12.9. The van der Waals surface area contributed by atoms with E-state index in [0.717, 1.165) is 24.9 Å². The Labute approximate surface area is 99.7 Å². The molecule has 0 fully saturated rings. The number of halogens is 1. The monoisotopic (exact) mass is 231 g/mol. The van der Waals surface area contributed by atoms with Crippen molar-refractivity contribution in [2.75, 3.05) is 11.9 Å². The van der Waals surface area contributed by atoms with Gasteiger partial charge in [-0.2, -0.15) is 0 Å². The third-order valence-electron chi connectivity index (χ3n) is 2.38. The molecular formula is C13H14FN3. The molecule has 2 rings (SSSR count). The highest BCUT2D eigenvalue weighted by Gasteiger charge is 1.96. The number of hydrogen-bond donors (Lipinski definition) is 1. The normalized spacial score (nSPS) is 10.2. The number of rotatable bonds is 5. The van der Waals surface area contributed by atoms with Gasteiger partial charge in [-0.25, -0.2) is 14.4 Å². The van der Waals surface area contributed by atoms with E-state index in [4.69, 9.17) is 0 Å². The van der Waals surface area contributed by atoms with Crippen LogP contribution in [-0.2, 0) is 6.42 Å². The summed E-state index contributed by atoms with van der Waals surface area (Å²) in [4.78, 5) is 8.11. The highest BCUT2D eigenvalue weighted by atomic mass is 19.1. The molecular weight excluding hydrogens is 217 g/mol. The van der Waals surface area contributed by atoms with Crippen LogP contribution in [0.15, 0.2) is 42.7 Å². The van der Waals surface area contributed by atoms with Crippen molar-refractivity contribution in [3.8, 4) is 0 Å². The molecule has 0 aliphatic heterocycles. The Morgan fingerprint density at radius 3 is 2.71 bits per heavy atom. The zero-order chi connectivity index (χ0) is 11.9. The van der Waals surface area contributed by atoms with Gasteiger partial charge in [-0.3, -0.25) is 0 Å². The van der Waals surface area contributed by atoms with Crippen molar-refractivity contribution >= 4 is 5.95 Å². The molecule has 0 atom stereocenters. The van der Waals surface area contributed by atoms with Gasteiger partial charge in [0.15, 0.2) is 0 Å². The first-order chi connectivity index (χ1) is 8.34. The van der Waals surface area contributed by atoms with Gasteiger partial charge in [0.1, 0.15) is 5.82 Å². The molecule has 4 heteroatoms. The number of aryl methyl sites for hydroxylation is 1. The molecule has 0 radical (unpaired) electrons. The summed E-state index contributed by atoms with van der Waals surface area (Å²) < 4.78 is 12.9. The molecule has 0 unspecified atom stereocenters. The number of nitrogens with one attached hydrogen (secondary N) is 1. The lowest BCUT2D eigenvalue weighted by Gasteiger charge is -2.04. The third-order valence-corrected chi connectivity index (χ3v) is 2.38. The van der Waals surface area contributed by atoms with Crippen LogP contribution in [0.2, 0.25) is 0 Å². The topological polar surface area (TPSA) is 37.8 Å². The third kappa shape index (κ3) is 3.83. The lowest BCUT2D eigenvalue weighted by atomic mass is 10.1. The molecule has 0 bridgehead atoms. The summed E-state index contributed by atoms with van der Waals surface area (Å²) in [5.74, 6) is 0.452. The van der Waals surface area contributed by atoms with E-state index in [0.29, 0.717) is 5.95 Å². The molecule has 3 nitrogen and oxygen atoms in total. The number of nitrogens with zero attached hydrogens (tertiary/aromatic N) is 2. The van der Waals surface area contributed by atoms with Gasteiger partial charge in [0.05, 0.1) is 0 Å². The molecule has 0 aliphatic rings. The average molecular weight is 231 g/mol. The van der Waals surface area contributed by atoms with Gasteiger partial charge in [0.25, 0.3) is 0 Å². The quantitative estimate of drug-likeness (QED) is 0.804. The van der Waals surface area contributed by atoms with Crippen LogP contribution in [-0.4, -0.2) is 16.5 Å². The maximum absolute atomic E-state index is 12.9. The Morgan fingerprint density at radius 1 is 1.12 bits per heavy atom. The Bertz CT molecular complexity index is 459. The van der Waals surface area contributed by atoms with E-state index in [9.17, 15) is 4.39 Å². The molecule has 88 valence electrons. The number of benzene rings is 1. The molecule has 0 saturated carbocycles. The lowest BCUT2D eigenvalue weighted by molar-refractivity contribution is 0.624. The van der Waals surface area contributed by atoms with Crippen molar-refractivity contribution in [3.05, 3.63) is 54.1 Å². The van der Waals surface area contributed by atoms with E-state index in [1.807, 2.05) is 6.07 Å². The van der Waals surface area contributed by atoms with Crippen LogP contribution in [0.25, 0.3) is 0 Å². The number of aromatic nitrogens is 2. The second-order valence-electron chi connectivity index (χ2n) is 3.73. The van der Waals surface area contributed by atoms with E-state index >= 15 is 0 Å². The van der Waals surface area contributed by atoms with E-state index < -0.39 is 0 Å². The zero-order valence-corrected chi connectivity index (χ0v) is 9.44. The average Bonchev–Trinajstić information content (AvgIpc) is 2.36. The SMILES string of the molecule is Fc1cccc(CCCNc2ncccn2)c1. The Morgan fingerprint density at radius 2 is 1.94 bits per heavy atom. The summed E-state index contributed by atoms with van der Waals surface area (Å²) in [6, 6.07) is 8.47. The predicted octanol–water partition coefficient (Wildman–Crippen LogP) is 2.66. The molecule has 0 amide bonds. The van der Waals surface area contributed by atoms with Crippen LogP contribution in [0.4, 0.5) is 10.3 Å². The van der Waals surface area contributed by atoms with Gasteiger partial charge in [-0.1, -0.05) is 12.1 Å². The summed E-state index contributed by atoms with van der Waals surface area (Å²) in [6.07, 6.45) is 5.16. The van der Waals surface area contributed by atoms with Crippen LogP contribution in [0.1, 0.15) is 12.0 Å². The molecule has 17 heavy (non-hydrogen) atoms. The summed E-state index contributed by atoms with van der Waals surface area (Å²) >= 11 is 0. The molecule has 0 saturated heterocycles. The van der Waals surface area contributed by atoms with Gasteiger partial charge < -0.3 is 5.32 Å². The van der Waals surface area contributed by atoms with Crippen molar-refractivity contribution < 1.29 is 4.39 Å². The van der Waals surface area contributed by atoms with Crippen LogP contribution in [0.5, 0.6) is 0 Å². The molecule has 0 spiro atoms. The minimum Gasteiger partial charge on any atom is -0.354 e. The fourth-order valence-corrected chi connectivity index (χ4v) is 1.58. The number of anilines is 1. The summed E-state index contributed by atoms with van der Waals surface area (Å²) in [5, 5.41) is 3.11. The summed E-state index contributed by atoms with van der Waals surface area (Å²) in [6.45, 7) is 0.778. The van der Waals surface area contributed by atoms with Crippen molar-refractivity contribution in [1.82, 2.24) is 9.97 Å². The maximum Gasteiger partial charge on any atom is 0.222 e. The smallest absolute Gasteiger partial charge is 0.222 e. The molecule has 2 aromatic rings. The van der Waals surface area contributed by atoms with E-state index in [2.05, 4.69) is 15.3 Å². The highest BCUT2D eigenvalue weighted by Crippen LogP contribution is 2.06. The van der Waals surface area contributed by atoms with E-state index in [1.54, 1.807) is 30.6 Å². The lowest BCUT2D eigenvalue weighted by Crippen LogP contribution is -2.05. The highest BCUT2D eigenvalue weighted by molar-refractivity contribution is 5.22. The van der Waals surface area contributed by atoms with Gasteiger partial charge in [-0.15, -0.1) is 0 Å². The minimum atomic E-state index is -0.179. The second-order valence-corrected chi connectivity index (χ2v) is 3.73. The van der Waals surface area contributed by atoms with Gasteiger partial charge in [-0.05, 0) is 36.6 Å². The Hall–Kier alpha value is -1.97. The Kier molecular flexibility index (Phi) is 4.02. The second kappa shape index (κ2) is 5.94. The Balaban J connectivity index is 1.73. The fraction of sp³-hybridized carbons (Fsp3) is 0.231. The largest absolute Gasteiger partial charge is 0.354 e. The van der Waals surface area contributed by atoms with Gasteiger partial charge in [0.2, 0.25) is 5.95 Å². The van der Waals surface area contributed by atoms with Crippen molar-refractivity contribution in [3.63, 3.8) is 0 Å². The first-order valence-electron chi connectivity index (χ1n) is 5.60. The predicted molar refractivity (Wildman–Crippen MR) is 65.2 cm³/mol. The van der Waals surface area contributed by atoms with Crippen molar-refractivity contribution in [2.45, 2.75) is 12.8 Å². The first kappa shape index (κ1) is 11.5. The molecule has 1 heterocycles. The number of hydrogen-bond acceptors (Lipinski definition) is 3. The van der Waals surface area contributed by atoms with Gasteiger partial charge in [0, 0.05) is 18.9 Å². The minimum absolute atomic E-state index is 0.179. The standard InChI is InChI=1S/C13H14FN3/c14-12-6-1-4-11(10-12)5-2-7-15-13-16-8-3-9-17-13/h1,3-4,6,8-10H,2,5,7H2,(H,15,16,17). The van der Waals surface area contributed by atoms with Gasteiger partial charge >= 0.3 is 0 Å². The van der Waals surface area contributed by atoms with Crippen LogP contribution in [0, 0.1) is 5.82 Å². The first-order valence-corrected chi connectivity index (χ1v) is 5.60. The molecule has 1 N–H and O–H groups in total. The zero-order valence-electron chi connectivity index (χ0n) is 9.44. The summed E-state index contributed by atoms with van der Waals surface area (Å²) in [7, 11) is 0. The van der Waals surface area contributed by atoms with Crippen molar-refractivity contribution in [1.29, 1.82) is 0 Å². The van der Waals surface area contributed by atoms with Crippen LogP contribution in [0.3, 0.4) is 0 Å². The fourth-order valence-electron chi connectivity index (χ4n) is 1.58. The molecule has 1 aromatic carbocycles. The summed E-state index contributed by atoms with van der Waals surface area (Å²) in [5.41, 5.74) is 1.01. The van der Waals surface area contributed by atoms with E-state index in [1.165, 1.54) is 6.07 Å². The molecule has 1 aromatic heterocycles. The molecule has 0 aliphatic carbocycles. The van der Waals surface area contributed by atoms with Crippen LogP contribution >= 0.6 is 0 Å². The van der Waals surface area contributed by atoms with E-state index in [-0.39, 0.29) is 5.82 Å². The van der Waals surface area contributed by atoms with Crippen molar-refractivity contribution in [2.24, 2.45) is 0 Å².